The van der Waals surface area contributed by atoms with Crippen molar-refractivity contribution in [3.63, 3.8) is 0 Å². The molecule has 0 atom stereocenters. The molecule has 1 aromatic rings. The minimum absolute atomic E-state index is 0.726. The largest absolute Gasteiger partial charge is 0.380 e. The van der Waals surface area contributed by atoms with Crippen LogP contribution in [0.1, 0.15) is 32.2 Å². The first-order chi connectivity index (χ1) is 9.17. The van der Waals surface area contributed by atoms with Gasteiger partial charge in [-0.05, 0) is 20.8 Å². The van der Waals surface area contributed by atoms with Crippen molar-refractivity contribution >= 4 is 11.6 Å². The Labute approximate surface area is 116 Å². The Morgan fingerprint density at radius 1 is 1.21 bits per heavy atom. The van der Waals surface area contributed by atoms with E-state index in [1.54, 1.807) is 0 Å². The number of hydrogen-bond acceptors (Lipinski definition) is 5. The van der Waals surface area contributed by atoms with Crippen LogP contribution < -0.4 is 10.2 Å². The average Bonchev–Trinajstić information content (AvgIpc) is 2.44. The molecule has 19 heavy (non-hydrogen) atoms. The molecule has 0 saturated carbocycles. The first-order valence-electron chi connectivity index (χ1n) is 7.05. The second-order valence-corrected chi connectivity index (χ2v) is 4.32. The van der Waals surface area contributed by atoms with Crippen molar-refractivity contribution in [3.8, 4) is 0 Å². The molecule has 1 aromatic heterocycles. The first kappa shape index (κ1) is 15.7. The summed E-state index contributed by atoms with van der Waals surface area (Å²) in [5.74, 6) is 2.80. The SMILES string of the molecule is CCOCCN(CC)c1nc(CC)nc(NC)c1C. The molecule has 108 valence electrons. The van der Waals surface area contributed by atoms with E-state index in [4.69, 9.17) is 4.74 Å². The van der Waals surface area contributed by atoms with Gasteiger partial charge in [-0.25, -0.2) is 9.97 Å². The van der Waals surface area contributed by atoms with Crippen molar-refractivity contribution in [3.05, 3.63) is 11.4 Å². The molecule has 0 aliphatic rings. The van der Waals surface area contributed by atoms with Crippen LogP contribution in [0.4, 0.5) is 11.6 Å². The Hall–Kier alpha value is -1.36. The van der Waals surface area contributed by atoms with Gasteiger partial charge in [0.25, 0.3) is 0 Å². The Morgan fingerprint density at radius 2 is 1.95 bits per heavy atom. The van der Waals surface area contributed by atoms with Crippen LogP contribution in [0.15, 0.2) is 0 Å². The minimum atomic E-state index is 0.726. The molecule has 0 radical (unpaired) electrons. The smallest absolute Gasteiger partial charge is 0.137 e. The highest BCUT2D eigenvalue weighted by Crippen LogP contribution is 2.23. The van der Waals surface area contributed by atoms with Gasteiger partial charge in [-0.3, -0.25) is 0 Å². The number of anilines is 2. The number of hydrogen-bond donors (Lipinski definition) is 1. The van der Waals surface area contributed by atoms with Crippen LogP contribution in [0.2, 0.25) is 0 Å². The standard InChI is InChI=1S/C14H26N4O/c1-6-12-16-13(15-5)11(4)14(17-12)18(7-2)9-10-19-8-3/h6-10H2,1-5H3,(H,15,16,17). The molecule has 0 aliphatic carbocycles. The topological polar surface area (TPSA) is 50.3 Å². The number of ether oxygens (including phenoxy) is 1. The Bertz CT molecular complexity index is 395. The minimum Gasteiger partial charge on any atom is -0.380 e. The van der Waals surface area contributed by atoms with Crippen LogP contribution in [0.5, 0.6) is 0 Å². The maximum atomic E-state index is 5.44. The van der Waals surface area contributed by atoms with E-state index in [2.05, 4.69) is 41.0 Å². The third-order valence-corrected chi connectivity index (χ3v) is 3.11. The van der Waals surface area contributed by atoms with Crippen molar-refractivity contribution in [1.29, 1.82) is 0 Å². The first-order valence-corrected chi connectivity index (χ1v) is 7.05. The van der Waals surface area contributed by atoms with Gasteiger partial charge in [0.15, 0.2) is 0 Å². The Morgan fingerprint density at radius 3 is 2.47 bits per heavy atom. The van der Waals surface area contributed by atoms with E-state index >= 15 is 0 Å². The maximum Gasteiger partial charge on any atom is 0.137 e. The van der Waals surface area contributed by atoms with Crippen LogP contribution in [0.3, 0.4) is 0 Å². The molecule has 0 aromatic carbocycles. The van der Waals surface area contributed by atoms with Crippen LogP contribution in [0, 0.1) is 6.92 Å². The summed E-state index contributed by atoms with van der Waals surface area (Å²) < 4.78 is 5.44. The average molecular weight is 266 g/mol. The predicted octanol–water partition coefficient (Wildman–Crippen LogP) is 2.25. The van der Waals surface area contributed by atoms with E-state index in [0.29, 0.717) is 0 Å². The van der Waals surface area contributed by atoms with Crippen LogP contribution >= 0.6 is 0 Å². The highest BCUT2D eigenvalue weighted by atomic mass is 16.5. The zero-order chi connectivity index (χ0) is 14.3. The molecular formula is C14H26N4O. The molecule has 1 N–H and O–H groups in total. The lowest BCUT2D eigenvalue weighted by molar-refractivity contribution is 0.154. The van der Waals surface area contributed by atoms with E-state index in [9.17, 15) is 0 Å². The summed E-state index contributed by atoms with van der Waals surface area (Å²) in [4.78, 5) is 11.4. The van der Waals surface area contributed by atoms with Gasteiger partial charge in [0.05, 0.1) is 6.61 Å². The predicted molar refractivity (Wildman–Crippen MR) is 80.1 cm³/mol. The molecule has 5 heteroatoms. The maximum absolute atomic E-state index is 5.44. The van der Waals surface area contributed by atoms with E-state index < -0.39 is 0 Å². The molecule has 0 unspecified atom stereocenters. The molecular weight excluding hydrogens is 240 g/mol. The number of aromatic nitrogens is 2. The molecule has 0 fully saturated rings. The number of nitrogens with zero attached hydrogens (tertiary/aromatic N) is 3. The lowest BCUT2D eigenvalue weighted by atomic mass is 10.2. The lowest BCUT2D eigenvalue weighted by Crippen LogP contribution is -2.29. The van der Waals surface area contributed by atoms with Crippen molar-refractivity contribution in [1.82, 2.24) is 9.97 Å². The van der Waals surface area contributed by atoms with Gasteiger partial charge in [0.1, 0.15) is 17.5 Å². The fourth-order valence-corrected chi connectivity index (χ4v) is 1.99. The van der Waals surface area contributed by atoms with E-state index in [1.807, 2.05) is 14.0 Å². The van der Waals surface area contributed by atoms with Gasteiger partial charge in [-0.2, -0.15) is 0 Å². The lowest BCUT2D eigenvalue weighted by Gasteiger charge is -2.25. The Balaban J connectivity index is 3.00. The van der Waals surface area contributed by atoms with Gasteiger partial charge in [0, 0.05) is 38.7 Å². The summed E-state index contributed by atoms with van der Waals surface area (Å²) in [6.45, 7) is 11.5. The highest BCUT2D eigenvalue weighted by Gasteiger charge is 2.14. The Kier molecular flexibility index (Phi) is 6.56. The molecule has 0 spiro atoms. The molecule has 0 saturated heterocycles. The van der Waals surface area contributed by atoms with Gasteiger partial charge >= 0.3 is 0 Å². The third-order valence-electron chi connectivity index (χ3n) is 3.11. The van der Waals surface area contributed by atoms with Crippen molar-refractivity contribution in [2.45, 2.75) is 34.1 Å². The summed E-state index contributed by atoms with van der Waals surface area (Å²) in [5.41, 5.74) is 1.10. The number of nitrogens with one attached hydrogen (secondary N) is 1. The third kappa shape index (κ3) is 4.06. The quantitative estimate of drug-likeness (QED) is 0.731. The van der Waals surface area contributed by atoms with Crippen LogP contribution in [-0.2, 0) is 11.2 Å². The number of likely N-dealkylation sites (N-methyl/N-ethyl adjacent to an activating group) is 1. The normalized spacial score (nSPS) is 10.6. The van der Waals surface area contributed by atoms with Crippen molar-refractivity contribution in [2.75, 3.05) is 43.6 Å². The number of aryl methyl sites for hydroxylation is 1. The summed E-state index contributed by atoms with van der Waals surface area (Å²) in [6.07, 6.45) is 0.838. The summed E-state index contributed by atoms with van der Waals surface area (Å²) >= 11 is 0. The zero-order valence-electron chi connectivity index (χ0n) is 12.8. The highest BCUT2D eigenvalue weighted by molar-refractivity contribution is 5.58. The molecule has 0 aliphatic heterocycles. The van der Waals surface area contributed by atoms with Crippen LogP contribution in [0.25, 0.3) is 0 Å². The van der Waals surface area contributed by atoms with Crippen LogP contribution in [-0.4, -0.2) is 43.3 Å². The molecule has 1 rings (SSSR count). The molecule has 0 bridgehead atoms. The number of rotatable bonds is 8. The van der Waals surface area contributed by atoms with Gasteiger partial charge in [0.2, 0.25) is 0 Å². The van der Waals surface area contributed by atoms with Gasteiger partial charge < -0.3 is 15.0 Å². The summed E-state index contributed by atoms with van der Waals surface area (Å²) in [6, 6.07) is 0. The second-order valence-electron chi connectivity index (χ2n) is 4.32. The fraction of sp³-hybridized carbons (Fsp3) is 0.714. The summed E-state index contributed by atoms with van der Waals surface area (Å²) in [5, 5.41) is 3.15. The van der Waals surface area contributed by atoms with Gasteiger partial charge in [-0.15, -0.1) is 0 Å². The molecule has 0 amide bonds. The molecule has 5 nitrogen and oxygen atoms in total. The second kappa shape index (κ2) is 7.94. The fourth-order valence-electron chi connectivity index (χ4n) is 1.99. The monoisotopic (exact) mass is 266 g/mol. The van der Waals surface area contributed by atoms with E-state index in [-0.39, 0.29) is 0 Å². The van der Waals surface area contributed by atoms with E-state index in [0.717, 1.165) is 55.7 Å². The van der Waals surface area contributed by atoms with Crippen molar-refractivity contribution < 1.29 is 4.74 Å². The molecule has 1 heterocycles. The van der Waals surface area contributed by atoms with Crippen molar-refractivity contribution in [2.24, 2.45) is 0 Å². The summed E-state index contributed by atoms with van der Waals surface area (Å²) in [7, 11) is 1.90. The zero-order valence-corrected chi connectivity index (χ0v) is 12.8. The van der Waals surface area contributed by atoms with E-state index in [1.165, 1.54) is 0 Å². The van der Waals surface area contributed by atoms with Gasteiger partial charge in [-0.1, -0.05) is 6.92 Å².